The van der Waals surface area contributed by atoms with Crippen molar-refractivity contribution in [3.63, 3.8) is 0 Å². The molecular weight excluding hydrogens is 300 g/mol. The predicted molar refractivity (Wildman–Crippen MR) is 83.1 cm³/mol. The Morgan fingerprint density at radius 3 is 2.57 bits per heavy atom. The van der Waals surface area contributed by atoms with Gasteiger partial charge in [-0.3, -0.25) is 0 Å². The van der Waals surface area contributed by atoms with Crippen LogP contribution in [-0.4, -0.2) is 40.8 Å². The van der Waals surface area contributed by atoms with Crippen LogP contribution >= 0.6 is 0 Å². The fraction of sp³-hybridized carbons (Fsp3) is 0.467. The zero-order valence-electron chi connectivity index (χ0n) is 13.5. The van der Waals surface area contributed by atoms with Crippen LogP contribution in [0.4, 0.5) is 10.6 Å². The van der Waals surface area contributed by atoms with E-state index in [0.717, 1.165) is 0 Å². The van der Waals surface area contributed by atoms with E-state index in [9.17, 15) is 9.59 Å². The monoisotopic (exact) mass is 320 g/mol. The van der Waals surface area contributed by atoms with Crippen molar-refractivity contribution in [3.05, 3.63) is 18.1 Å². The van der Waals surface area contributed by atoms with Crippen molar-refractivity contribution in [2.75, 3.05) is 12.8 Å². The number of nitrogens with zero attached hydrogens (tertiary/aromatic N) is 2. The average Bonchev–Trinajstić information content (AvgIpc) is 2.45. The molecule has 1 atom stereocenters. The number of amides is 1. The second kappa shape index (κ2) is 7.98. The number of aromatic nitrogens is 2. The number of hydrogen-bond donors (Lipinski definition) is 2. The van der Waals surface area contributed by atoms with E-state index in [1.165, 1.54) is 19.5 Å². The molecule has 23 heavy (non-hydrogen) atoms. The zero-order valence-corrected chi connectivity index (χ0v) is 13.5. The van der Waals surface area contributed by atoms with Crippen molar-refractivity contribution in [1.82, 2.24) is 15.3 Å². The summed E-state index contributed by atoms with van der Waals surface area (Å²) in [4.78, 5) is 31.2. The minimum Gasteiger partial charge on any atom is -0.467 e. The summed E-state index contributed by atoms with van der Waals surface area (Å²) in [6.45, 7) is 5.16. The number of carbonyl (C=O) groups excluding carboxylic acids is 2. The Balaban J connectivity index is 2.71. The van der Waals surface area contributed by atoms with Crippen LogP contribution in [0.1, 0.15) is 32.9 Å². The highest BCUT2D eigenvalue weighted by molar-refractivity contribution is 5.81. The first kappa shape index (κ1) is 18.2. The molecule has 0 saturated carbocycles. The van der Waals surface area contributed by atoms with Gasteiger partial charge in [0.25, 0.3) is 0 Å². The number of ether oxygens (including phenoxy) is 2. The molecule has 8 nitrogen and oxygen atoms in total. The second-order valence-electron chi connectivity index (χ2n) is 5.55. The Labute approximate surface area is 134 Å². The number of esters is 1. The average molecular weight is 320 g/mol. The van der Waals surface area contributed by atoms with E-state index in [1.54, 1.807) is 20.8 Å². The number of carbonyl (C=O) groups is 2. The summed E-state index contributed by atoms with van der Waals surface area (Å²) in [6, 6.07) is -0.941. The highest BCUT2D eigenvalue weighted by Gasteiger charge is 2.24. The maximum atomic E-state index is 11.7. The van der Waals surface area contributed by atoms with Crippen molar-refractivity contribution >= 4 is 17.9 Å². The normalized spacial score (nSPS) is 11.7. The maximum absolute atomic E-state index is 11.7. The molecule has 0 saturated heterocycles. The van der Waals surface area contributed by atoms with Crippen LogP contribution in [0.2, 0.25) is 0 Å². The molecule has 1 rings (SSSR count). The number of rotatable bonds is 3. The molecule has 3 N–H and O–H groups in total. The van der Waals surface area contributed by atoms with Gasteiger partial charge in [0.05, 0.1) is 19.5 Å². The molecule has 0 aromatic carbocycles. The highest BCUT2D eigenvalue weighted by atomic mass is 16.6. The van der Waals surface area contributed by atoms with Gasteiger partial charge in [0.2, 0.25) is 0 Å². The van der Waals surface area contributed by atoms with Crippen LogP contribution in [0.25, 0.3) is 0 Å². The maximum Gasteiger partial charge on any atom is 0.408 e. The number of nitrogens with one attached hydrogen (secondary N) is 1. The third-order valence-electron chi connectivity index (χ3n) is 2.37. The molecule has 1 aromatic rings. The highest BCUT2D eigenvalue weighted by Crippen LogP contribution is 2.07. The van der Waals surface area contributed by atoms with E-state index < -0.39 is 23.7 Å². The van der Waals surface area contributed by atoms with Crippen LogP contribution in [0.3, 0.4) is 0 Å². The quantitative estimate of drug-likeness (QED) is 0.627. The first-order valence-corrected chi connectivity index (χ1v) is 6.85. The number of anilines is 1. The summed E-state index contributed by atoms with van der Waals surface area (Å²) in [5.74, 6) is 5.13. The van der Waals surface area contributed by atoms with Gasteiger partial charge < -0.3 is 20.5 Å². The fourth-order valence-electron chi connectivity index (χ4n) is 1.43. The molecule has 124 valence electrons. The Kier molecular flexibility index (Phi) is 6.33. The minimum absolute atomic E-state index is 0.0397. The van der Waals surface area contributed by atoms with Crippen molar-refractivity contribution in [2.24, 2.45) is 0 Å². The van der Waals surface area contributed by atoms with Gasteiger partial charge in [-0.05, 0) is 26.7 Å². The molecule has 1 aromatic heterocycles. The van der Waals surface area contributed by atoms with Gasteiger partial charge in [0, 0.05) is 6.42 Å². The summed E-state index contributed by atoms with van der Waals surface area (Å²) >= 11 is 0. The van der Waals surface area contributed by atoms with Crippen LogP contribution < -0.4 is 11.1 Å². The standard InChI is InChI=1S/C15H20N4O4/c1-15(2,3)23-14(21)19-11(13(20)22-4)7-5-6-10-8-18-12(16)9-17-10/h8-9,11H,7H2,1-4H3,(H2,16,18)(H,19,21)/t11-/m0/s1. The number of alkyl carbamates (subject to hydrolysis) is 1. The largest absolute Gasteiger partial charge is 0.467 e. The predicted octanol–water partition coefficient (Wildman–Crippen LogP) is 0.867. The molecule has 0 radical (unpaired) electrons. The molecule has 0 aliphatic heterocycles. The Hall–Kier alpha value is -2.82. The Bertz CT molecular complexity index is 611. The molecule has 8 heteroatoms. The molecular formula is C15H20N4O4. The number of methoxy groups -OCH3 is 1. The lowest BCUT2D eigenvalue weighted by Crippen LogP contribution is -2.43. The molecule has 1 amide bonds. The smallest absolute Gasteiger partial charge is 0.408 e. The molecule has 1 heterocycles. The first-order valence-electron chi connectivity index (χ1n) is 6.85. The number of hydrogen-bond acceptors (Lipinski definition) is 7. The summed E-state index contributed by atoms with van der Waals surface area (Å²) in [7, 11) is 1.23. The molecule has 0 aliphatic carbocycles. The van der Waals surface area contributed by atoms with Gasteiger partial charge in [-0.2, -0.15) is 0 Å². The second-order valence-corrected chi connectivity index (χ2v) is 5.55. The van der Waals surface area contributed by atoms with Crippen molar-refractivity contribution in [3.8, 4) is 11.8 Å². The van der Waals surface area contributed by atoms with E-state index in [-0.39, 0.29) is 12.2 Å². The summed E-state index contributed by atoms with van der Waals surface area (Å²) in [5, 5.41) is 2.43. The van der Waals surface area contributed by atoms with Crippen LogP contribution in [0, 0.1) is 11.8 Å². The van der Waals surface area contributed by atoms with Crippen LogP contribution in [-0.2, 0) is 14.3 Å². The van der Waals surface area contributed by atoms with Crippen molar-refractivity contribution < 1.29 is 19.1 Å². The van der Waals surface area contributed by atoms with Crippen molar-refractivity contribution in [2.45, 2.75) is 38.8 Å². The van der Waals surface area contributed by atoms with E-state index in [0.29, 0.717) is 5.69 Å². The minimum atomic E-state index is -0.941. The summed E-state index contributed by atoms with van der Waals surface area (Å²) in [6.07, 6.45) is 2.11. The third-order valence-corrected chi connectivity index (χ3v) is 2.37. The lowest BCUT2D eigenvalue weighted by atomic mass is 10.2. The Morgan fingerprint density at radius 1 is 1.35 bits per heavy atom. The van der Waals surface area contributed by atoms with Gasteiger partial charge in [-0.25, -0.2) is 19.6 Å². The Morgan fingerprint density at radius 2 is 2.04 bits per heavy atom. The zero-order chi connectivity index (χ0) is 17.5. The van der Waals surface area contributed by atoms with Crippen LogP contribution in [0.15, 0.2) is 12.4 Å². The first-order chi connectivity index (χ1) is 10.7. The van der Waals surface area contributed by atoms with Crippen LogP contribution in [0.5, 0.6) is 0 Å². The van der Waals surface area contributed by atoms with E-state index in [4.69, 9.17) is 10.5 Å². The molecule has 0 aliphatic rings. The summed E-state index contributed by atoms with van der Waals surface area (Å²) in [5.41, 5.74) is 5.15. The van der Waals surface area contributed by atoms with Gasteiger partial charge in [-0.1, -0.05) is 5.92 Å². The lowest BCUT2D eigenvalue weighted by molar-refractivity contribution is -0.143. The molecule has 0 bridgehead atoms. The number of nitrogen functional groups attached to an aromatic ring is 1. The molecule has 0 fully saturated rings. The topological polar surface area (TPSA) is 116 Å². The van der Waals surface area contributed by atoms with E-state index >= 15 is 0 Å². The van der Waals surface area contributed by atoms with E-state index in [1.807, 2.05) is 0 Å². The van der Waals surface area contributed by atoms with Gasteiger partial charge in [0.15, 0.2) is 0 Å². The molecule has 0 spiro atoms. The SMILES string of the molecule is COC(=O)[C@H](CC#Cc1cnc(N)cn1)NC(=O)OC(C)(C)C. The van der Waals surface area contributed by atoms with Gasteiger partial charge >= 0.3 is 12.1 Å². The third kappa shape index (κ3) is 7.13. The van der Waals surface area contributed by atoms with Gasteiger partial charge in [-0.15, -0.1) is 0 Å². The number of nitrogens with two attached hydrogens (primary N) is 1. The lowest BCUT2D eigenvalue weighted by Gasteiger charge is -2.21. The fourth-order valence-corrected chi connectivity index (χ4v) is 1.43. The van der Waals surface area contributed by atoms with Crippen molar-refractivity contribution in [1.29, 1.82) is 0 Å². The molecule has 0 unspecified atom stereocenters. The van der Waals surface area contributed by atoms with Gasteiger partial charge in [0.1, 0.15) is 23.2 Å². The van der Waals surface area contributed by atoms with E-state index in [2.05, 4.69) is 31.9 Å². The summed E-state index contributed by atoms with van der Waals surface area (Å²) < 4.78 is 9.74.